The van der Waals surface area contributed by atoms with E-state index in [-0.39, 0.29) is 11.5 Å². The number of hydrazine groups is 1. The van der Waals surface area contributed by atoms with E-state index >= 15 is 0 Å². The summed E-state index contributed by atoms with van der Waals surface area (Å²) in [4.78, 5) is 16.9. The van der Waals surface area contributed by atoms with E-state index in [2.05, 4.69) is 21.2 Å². The van der Waals surface area contributed by atoms with Crippen molar-refractivity contribution in [2.75, 3.05) is 17.8 Å². The van der Waals surface area contributed by atoms with Gasteiger partial charge in [-0.1, -0.05) is 41.4 Å². The fraction of sp³-hybridized carbons (Fsp3) is 0.0588. The number of amides is 1. The molecule has 0 saturated carbocycles. The molecule has 0 aliphatic heterocycles. The summed E-state index contributed by atoms with van der Waals surface area (Å²) in [6.45, 7) is 0. The number of carbonyl (C=O) groups excluding carboxylic acids is 1. The van der Waals surface area contributed by atoms with Crippen molar-refractivity contribution in [2.24, 2.45) is 0 Å². The lowest BCUT2D eigenvalue weighted by Crippen LogP contribution is -2.16. The van der Waals surface area contributed by atoms with Crippen molar-refractivity contribution in [3.05, 3.63) is 64.3 Å². The minimum Gasteiger partial charge on any atom is -0.321 e. The maximum absolute atomic E-state index is 12.6. The van der Waals surface area contributed by atoms with Crippen LogP contribution in [-0.4, -0.2) is 17.9 Å². The summed E-state index contributed by atoms with van der Waals surface area (Å²) in [6.07, 6.45) is 1.67. The normalized spacial score (nSPS) is 10.6. The van der Waals surface area contributed by atoms with Crippen molar-refractivity contribution in [1.82, 2.24) is 10.4 Å². The molecule has 0 aliphatic rings. The number of hydrogen-bond acceptors (Lipinski definition) is 4. The van der Waals surface area contributed by atoms with Crippen LogP contribution in [0.3, 0.4) is 0 Å². The predicted octanol–water partition coefficient (Wildman–Crippen LogP) is 4.34. The van der Waals surface area contributed by atoms with Crippen LogP contribution in [0, 0.1) is 0 Å². The Morgan fingerprint density at radius 2 is 1.71 bits per heavy atom. The second kappa shape index (κ2) is 7.05. The van der Waals surface area contributed by atoms with Crippen LogP contribution in [0.5, 0.6) is 0 Å². The van der Waals surface area contributed by atoms with Crippen molar-refractivity contribution < 1.29 is 4.79 Å². The highest BCUT2D eigenvalue weighted by Gasteiger charge is 2.16. The van der Waals surface area contributed by atoms with Crippen LogP contribution in [0.2, 0.25) is 10.0 Å². The highest BCUT2D eigenvalue weighted by molar-refractivity contribution is 6.40. The maximum Gasteiger partial charge on any atom is 0.258 e. The zero-order chi connectivity index (χ0) is 17.1. The molecule has 0 saturated heterocycles. The molecule has 0 fully saturated rings. The number of aromatic nitrogens is 1. The molecule has 3 aromatic rings. The summed E-state index contributed by atoms with van der Waals surface area (Å²) >= 11 is 12.2. The molecular formula is C17H14Cl2N4O. The van der Waals surface area contributed by atoms with Crippen LogP contribution >= 0.6 is 23.2 Å². The number of rotatable bonds is 4. The first-order valence-electron chi connectivity index (χ1n) is 7.17. The minimum absolute atomic E-state index is 0.238. The van der Waals surface area contributed by atoms with Gasteiger partial charge in [-0.3, -0.25) is 9.78 Å². The molecule has 0 aliphatic carbocycles. The molecule has 0 bridgehead atoms. The number of carbonyl (C=O) groups is 1. The fourth-order valence-electron chi connectivity index (χ4n) is 2.42. The van der Waals surface area contributed by atoms with Crippen LogP contribution in [0.1, 0.15) is 10.4 Å². The largest absolute Gasteiger partial charge is 0.321 e. The molecule has 24 heavy (non-hydrogen) atoms. The molecule has 0 unspecified atom stereocenters. The third kappa shape index (κ3) is 3.14. The summed E-state index contributed by atoms with van der Waals surface area (Å²) in [6, 6.07) is 12.3. The Bertz CT molecular complexity index is 894. The van der Waals surface area contributed by atoms with Crippen LogP contribution in [0.25, 0.3) is 10.9 Å². The molecule has 3 N–H and O–H groups in total. The maximum atomic E-state index is 12.6. The molecule has 2 aromatic carbocycles. The van der Waals surface area contributed by atoms with Gasteiger partial charge in [0.15, 0.2) is 0 Å². The Labute approximate surface area is 149 Å². The number of anilines is 2. The Kier molecular flexibility index (Phi) is 4.85. The minimum atomic E-state index is -0.383. The zero-order valence-corrected chi connectivity index (χ0v) is 14.2. The second-order valence-electron chi connectivity index (χ2n) is 4.99. The van der Waals surface area contributed by atoms with Gasteiger partial charge in [-0.15, -0.1) is 0 Å². The smallest absolute Gasteiger partial charge is 0.258 e. The summed E-state index contributed by atoms with van der Waals surface area (Å²) < 4.78 is 0. The van der Waals surface area contributed by atoms with E-state index in [0.29, 0.717) is 21.2 Å². The molecule has 1 amide bonds. The van der Waals surface area contributed by atoms with Crippen LogP contribution in [0.4, 0.5) is 11.4 Å². The van der Waals surface area contributed by atoms with E-state index in [1.54, 1.807) is 37.5 Å². The predicted molar refractivity (Wildman–Crippen MR) is 98.8 cm³/mol. The molecule has 7 heteroatoms. The van der Waals surface area contributed by atoms with Gasteiger partial charge in [-0.05, 0) is 24.3 Å². The highest BCUT2D eigenvalue weighted by atomic mass is 35.5. The van der Waals surface area contributed by atoms with Crippen molar-refractivity contribution in [3.63, 3.8) is 0 Å². The molecule has 0 atom stereocenters. The van der Waals surface area contributed by atoms with Crippen LogP contribution in [0.15, 0.2) is 48.7 Å². The molecule has 1 aromatic heterocycles. The monoisotopic (exact) mass is 360 g/mol. The topological polar surface area (TPSA) is 66.1 Å². The van der Waals surface area contributed by atoms with Gasteiger partial charge in [0.1, 0.15) is 0 Å². The Balaban J connectivity index is 2.02. The average molecular weight is 361 g/mol. The zero-order valence-electron chi connectivity index (χ0n) is 12.7. The lowest BCUT2D eigenvalue weighted by atomic mass is 10.1. The number of hydrogen-bond donors (Lipinski definition) is 3. The Morgan fingerprint density at radius 3 is 2.42 bits per heavy atom. The van der Waals surface area contributed by atoms with Gasteiger partial charge in [-0.25, -0.2) is 5.43 Å². The van der Waals surface area contributed by atoms with Crippen molar-refractivity contribution >= 4 is 51.4 Å². The standard InChI is InChI=1S/C17H14Cl2N4O/c1-20-23-13-8-9-21-16-10(13)4-2-7-14(16)22-17(24)15-11(18)5-3-6-12(15)19/h2-9,20H,1H3,(H,21,23)(H,22,24). The van der Waals surface area contributed by atoms with E-state index in [1.807, 2.05) is 18.2 Å². The number of benzene rings is 2. The lowest BCUT2D eigenvalue weighted by Gasteiger charge is -2.12. The Hall–Kier alpha value is -2.34. The first kappa shape index (κ1) is 16.5. The fourth-order valence-corrected chi connectivity index (χ4v) is 2.99. The van der Waals surface area contributed by atoms with Gasteiger partial charge < -0.3 is 10.7 Å². The number of halogens is 2. The van der Waals surface area contributed by atoms with Crippen molar-refractivity contribution in [1.29, 1.82) is 0 Å². The quantitative estimate of drug-likeness (QED) is 0.605. The summed E-state index contributed by atoms with van der Waals surface area (Å²) in [5.74, 6) is -0.383. The van der Waals surface area contributed by atoms with Gasteiger partial charge in [0.05, 0.1) is 32.5 Å². The number of fused-ring (bicyclic) bond motifs is 1. The number of para-hydroxylation sites is 1. The third-order valence-electron chi connectivity index (χ3n) is 3.47. The van der Waals surface area contributed by atoms with Gasteiger partial charge in [0, 0.05) is 18.6 Å². The molecule has 1 heterocycles. The second-order valence-corrected chi connectivity index (χ2v) is 5.80. The summed E-state index contributed by atoms with van der Waals surface area (Å²) in [7, 11) is 1.78. The molecule has 122 valence electrons. The van der Waals surface area contributed by atoms with Gasteiger partial charge in [0.25, 0.3) is 5.91 Å². The van der Waals surface area contributed by atoms with Gasteiger partial charge >= 0.3 is 0 Å². The Morgan fingerprint density at radius 1 is 1.00 bits per heavy atom. The van der Waals surface area contributed by atoms with Crippen molar-refractivity contribution in [2.45, 2.75) is 0 Å². The summed E-state index contributed by atoms with van der Waals surface area (Å²) in [5.41, 5.74) is 8.25. The number of pyridine rings is 1. The van der Waals surface area contributed by atoms with E-state index in [9.17, 15) is 4.79 Å². The molecule has 0 radical (unpaired) electrons. The van der Waals surface area contributed by atoms with E-state index in [4.69, 9.17) is 23.2 Å². The lowest BCUT2D eigenvalue weighted by molar-refractivity contribution is 0.102. The van der Waals surface area contributed by atoms with Crippen LogP contribution in [-0.2, 0) is 0 Å². The SMILES string of the molecule is CNNc1ccnc2c(NC(=O)c3c(Cl)cccc3Cl)cccc12. The first-order valence-corrected chi connectivity index (χ1v) is 7.93. The summed E-state index contributed by atoms with van der Waals surface area (Å²) in [5, 5.41) is 4.30. The van der Waals surface area contributed by atoms with Gasteiger partial charge in [-0.2, -0.15) is 0 Å². The molecular weight excluding hydrogens is 347 g/mol. The van der Waals surface area contributed by atoms with E-state index in [1.165, 1.54) is 0 Å². The van der Waals surface area contributed by atoms with Gasteiger partial charge in [0.2, 0.25) is 0 Å². The van der Waals surface area contributed by atoms with Crippen LogP contribution < -0.4 is 16.2 Å². The highest BCUT2D eigenvalue weighted by Crippen LogP contribution is 2.29. The third-order valence-corrected chi connectivity index (χ3v) is 4.10. The van der Waals surface area contributed by atoms with Crippen molar-refractivity contribution in [3.8, 4) is 0 Å². The molecule has 0 spiro atoms. The molecule has 3 rings (SSSR count). The van der Waals surface area contributed by atoms with E-state index in [0.717, 1.165) is 11.1 Å². The average Bonchev–Trinajstić information content (AvgIpc) is 2.56. The molecule has 5 nitrogen and oxygen atoms in total. The van der Waals surface area contributed by atoms with E-state index < -0.39 is 0 Å². The number of nitrogens with one attached hydrogen (secondary N) is 3. The first-order chi connectivity index (χ1) is 11.6. The number of nitrogens with zero attached hydrogens (tertiary/aromatic N) is 1.